The molecule has 2 amide bonds. The van der Waals surface area contributed by atoms with Crippen molar-refractivity contribution in [1.29, 1.82) is 0 Å². The number of fused-ring (bicyclic) bond motifs is 2. The lowest BCUT2D eigenvalue weighted by atomic mass is 9.92. The molecule has 13 heteroatoms. The maximum absolute atomic E-state index is 15.0. The first-order chi connectivity index (χ1) is 21.0. The number of carbonyl (C=O) groups excluding carboxylic acids is 1. The van der Waals surface area contributed by atoms with E-state index in [1.807, 2.05) is 39.0 Å². The fourth-order valence-corrected chi connectivity index (χ4v) is 4.77. The van der Waals surface area contributed by atoms with Gasteiger partial charge in [-0.15, -0.1) is 0 Å². The van der Waals surface area contributed by atoms with Crippen molar-refractivity contribution in [1.82, 2.24) is 34.3 Å². The van der Waals surface area contributed by atoms with E-state index in [4.69, 9.17) is 5.10 Å². The number of hydrogen-bond acceptors (Lipinski definition) is 8. The van der Waals surface area contributed by atoms with E-state index >= 15 is 0 Å². The molecule has 3 N–H and O–H groups in total. The van der Waals surface area contributed by atoms with Crippen molar-refractivity contribution in [3.05, 3.63) is 89.1 Å². The number of halogens is 1. The second kappa shape index (κ2) is 10.8. The van der Waals surface area contributed by atoms with E-state index in [0.29, 0.717) is 39.6 Å². The Bertz CT molecular complexity index is 2130. The van der Waals surface area contributed by atoms with Crippen molar-refractivity contribution in [3.63, 3.8) is 0 Å². The van der Waals surface area contributed by atoms with Crippen LogP contribution in [0.2, 0.25) is 0 Å². The van der Waals surface area contributed by atoms with Crippen LogP contribution in [0.3, 0.4) is 0 Å². The minimum atomic E-state index is -0.689. The van der Waals surface area contributed by atoms with Crippen LogP contribution in [0.4, 0.5) is 26.6 Å². The van der Waals surface area contributed by atoms with Crippen molar-refractivity contribution < 1.29 is 9.18 Å². The lowest BCUT2D eigenvalue weighted by Gasteiger charge is -2.14. The maximum Gasteiger partial charge on any atom is 0.324 e. The van der Waals surface area contributed by atoms with Gasteiger partial charge in [-0.1, -0.05) is 26.8 Å². The summed E-state index contributed by atoms with van der Waals surface area (Å²) in [6.45, 7) is 6.05. The summed E-state index contributed by atoms with van der Waals surface area (Å²) in [7, 11) is 3.29. The van der Waals surface area contributed by atoms with Crippen LogP contribution in [0.1, 0.15) is 26.5 Å². The van der Waals surface area contributed by atoms with E-state index in [9.17, 15) is 14.0 Å². The number of pyridine rings is 1. The molecule has 44 heavy (non-hydrogen) atoms. The van der Waals surface area contributed by atoms with Gasteiger partial charge in [0.25, 0.3) is 5.56 Å². The number of amides is 2. The highest BCUT2D eigenvalue weighted by atomic mass is 19.1. The Hall–Kier alpha value is -5.72. The number of nitrogens with one attached hydrogen (secondary N) is 3. The summed E-state index contributed by atoms with van der Waals surface area (Å²) in [5.74, 6) is 0.0941. The minimum absolute atomic E-state index is 0.103. The summed E-state index contributed by atoms with van der Waals surface area (Å²) >= 11 is 0. The molecule has 6 aromatic rings. The van der Waals surface area contributed by atoms with E-state index in [-0.39, 0.29) is 16.7 Å². The van der Waals surface area contributed by atoms with Crippen LogP contribution >= 0.6 is 0 Å². The molecule has 0 radical (unpaired) electrons. The Balaban J connectivity index is 1.32. The van der Waals surface area contributed by atoms with Gasteiger partial charge in [0.15, 0.2) is 0 Å². The molecule has 0 aliphatic rings. The van der Waals surface area contributed by atoms with Crippen LogP contribution in [0.5, 0.6) is 0 Å². The Morgan fingerprint density at radius 1 is 0.955 bits per heavy atom. The number of urea groups is 1. The molecule has 0 atom stereocenters. The highest BCUT2D eigenvalue weighted by Gasteiger charge is 2.22. The highest BCUT2D eigenvalue weighted by molar-refractivity contribution is 6.00. The summed E-state index contributed by atoms with van der Waals surface area (Å²) in [6, 6.07) is 12.4. The average Bonchev–Trinajstić information content (AvgIpc) is 3.44. The zero-order valence-corrected chi connectivity index (χ0v) is 24.7. The zero-order valence-electron chi connectivity index (χ0n) is 24.7. The van der Waals surface area contributed by atoms with Crippen molar-refractivity contribution in [3.8, 4) is 16.8 Å². The predicted molar refractivity (Wildman–Crippen MR) is 168 cm³/mol. The molecule has 0 unspecified atom stereocenters. The summed E-state index contributed by atoms with van der Waals surface area (Å²) in [5.41, 5.74) is 2.61. The third-order valence-corrected chi connectivity index (χ3v) is 7.15. The van der Waals surface area contributed by atoms with Gasteiger partial charge in [0.2, 0.25) is 5.95 Å². The van der Waals surface area contributed by atoms with Crippen LogP contribution < -0.4 is 21.5 Å². The SMILES string of the molecule is CNc1ncc2cc(-c3ccc(F)c(NC(=O)Nc4cc(C(C)(C)C)nn4-c4ccc5ncncc5c4)c3)c(=O)n(C)c2n1. The molecule has 0 spiro atoms. The molecule has 0 bridgehead atoms. The number of benzene rings is 2. The molecular weight excluding hydrogens is 563 g/mol. The van der Waals surface area contributed by atoms with E-state index in [0.717, 1.165) is 16.6 Å². The van der Waals surface area contributed by atoms with Gasteiger partial charge >= 0.3 is 6.03 Å². The zero-order chi connectivity index (χ0) is 31.2. The van der Waals surface area contributed by atoms with Crippen LogP contribution in [-0.2, 0) is 12.5 Å². The molecule has 0 saturated heterocycles. The van der Waals surface area contributed by atoms with Gasteiger partial charge < -0.3 is 10.6 Å². The first-order valence-corrected chi connectivity index (χ1v) is 13.7. The first-order valence-electron chi connectivity index (χ1n) is 13.7. The Morgan fingerprint density at radius 3 is 2.55 bits per heavy atom. The smallest absolute Gasteiger partial charge is 0.324 e. The van der Waals surface area contributed by atoms with Crippen LogP contribution in [0.25, 0.3) is 38.8 Å². The predicted octanol–water partition coefficient (Wildman–Crippen LogP) is 5.25. The largest absolute Gasteiger partial charge is 0.357 e. The van der Waals surface area contributed by atoms with Gasteiger partial charge in [0.05, 0.1) is 22.6 Å². The van der Waals surface area contributed by atoms with E-state index < -0.39 is 11.8 Å². The molecule has 2 aromatic carbocycles. The molecule has 0 saturated carbocycles. The van der Waals surface area contributed by atoms with E-state index in [1.165, 1.54) is 29.1 Å². The lowest BCUT2D eigenvalue weighted by molar-refractivity contribution is 0.262. The molecule has 0 fully saturated rings. The quantitative estimate of drug-likeness (QED) is 0.246. The number of nitrogens with zero attached hydrogens (tertiary/aromatic N) is 7. The number of aryl methyl sites for hydroxylation is 1. The summed E-state index contributed by atoms with van der Waals surface area (Å²) in [4.78, 5) is 43.4. The monoisotopic (exact) mass is 592 g/mol. The van der Waals surface area contributed by atoms with E-state index in [2.05, 4.69) is 35.9 Å². The lowest BCUT2D eigenvalue weighted by Crippen LogP contribution is -2.22. The molecular formula is C31H29FN10O2. The van der Waals surface area contributed by atoms with Crippen molar-refractivity contribution in [2.24, 2.45) is 7.05 Å². The van der Waals surface area contributed by atoms with Crippen molar-refractivity contribution in [2.45, 2.75) is 26.2 Å². The third kappa shape index (κ3) is 5.30. The molecule has 12 nitrogen and oxygen atoms in total. The van der Waals surface area contributed by atoms with Crippen molar-refractivity contribution in [2.75, 3.05) is 23.0 Å². The van der Waals surface area contributed by atoms with Gasteiger partial charge in [-0.3, -0.25) is 14.7 Å². The summed E-state index contributed by atoms with van der Waals surface area (Å²) in [5, 5.41) is 14.4. The van der Waals surface area contributed by atoms with E-state index in [1.54, 1.807) is 43.3 Å². The topological polar surface area (TPSA) is 145 Å². The molecule has 4 aromatic heterocycles. The third-order valence-electron chi connectivity index (χ3n) is 7.15. The van der Waals surface area contributed by atoms with Gasteiger partial charge in [0.1, 0.15) is 23.6 Å². The molecule has 0 aliphatic carbocycles. The van der Waals surface area contributed by atoms with Gasteiger partial charge in [-0.25, -0.2) is 28.8 Å². The molecule has 0 aliphatic heterocycles. The van der Waals surface area contributed by atoms with Crippen LogP contribution in [0, 0.1) is 5.82 Å². The molecule has 4 heterocycles. The van der Waals surface area contributed by atoms with Crippen LogP contribution in [-0.4, -0.2) is 47.4 Å². The Morgan fingerprint density at radius 2 is 1.77 bits per heavy atom. The summed E-state index contributed by atoms with van der Waals surface area (Å²) in [6.07, 6.45) is 4.78. The summed E-state index contributed by atoms with van der Waals surface area (Å²) < 4.78 is 18.0. The van der Waals surface area contributed by atoms with Gasteiger partial charge in [-0.05, 0) is 42.0 Å². The second-order valence-corrected chi connectivity index (χ2v) is 11.3. The first kappa shape index (κ1) is 28.4. The number of carbonyl (C=O) groups is 1. The molecule has 6 rings (SSSR count). The fourth-order valence-electron chi connectivity index (χ4n) is 4.77. The number of anilines is 3. The van der Waals surface area contributed by atoms with Gasteiger partial charge in [0, 0.05) is 54.3 Å². The normalized spacial score (nSPS) is 11.6. The maximum atomic E-state index is 15.0. The Labute approximate surface area is 251 Å². The van der Waals surface area contributed by atoms with Gasteiger partial charge in [-0.2, -0.15) is 10.1 Å². The minimum Gasteiger partial charge on any atom is -0.357 e. The number of rotatable bonds is 5. The fraction of sp³-hybridized carbons (Fsp3) is 0.194. The number of hydrogen-bond donors (Lipinski definition) is 3. The highest BCUT2D eigenvalue weighted by Crippen LogP contribution is 2.29. The number of aromatic nitrogens is 7. The molecule has 222 valence electrons. The second-order valence-electron chi connectivity index (χ2n) is 11.3. The Kier molecular flexibility index (Phi) is 7.00. The van der Waals surface area contributed by atoms with Crippen LogP contribution in [0.15, 0.2) is 72.0 Å². The van der Waals surface area contributed by atoms with Crippen molar-refractivity contribution >= 4 is 45.4 Å². The standard InChI is InChI=1S/C31H29FN10O2/c1-31(2,3)25-13-26(42(40-25)20-7-9-23-18(10-20)14-34-16-36-23)38-30(44)37-24-12-17(6-8-22(24)32)21-11-19-15-35-29(33-4)39-27(19)41(5)28(21)43/h6-16H,1-5H3,(H,33,35,39)(H2,37,38,44). The average molecular weight is 593 g/mol.